The topological polar surface area (TPSA) is 45.4 Å². The van der Waals surface area contributed by atoms with Gasteiger partial charge in [0.1, 0.15) is 5.76 Å². The minimum Gasteiger partial charge on any atom is -0.467 e. The summed E-state index contributed by atoms with van der Waals surface area (Å²) >= 11 is 1.86. The number of benzene rings is 1. The quantitative estimate of drug-likeness (QED) is 0.697. The number of thioether (sulfide) groups is 1. The van der Waals surface area contributed by atoms with Gasteiger partial charge in [-0.1, -0.05) is 30.3 Å². The zero-order valence-electron chi connectivity index (χ0n) is 11.5. The lowest BCUT2D eigenvalue weighted by Crippen LogP contribution is -2.24. The Bertz CT molecular complexity index is 459. The van der Waals surface area contributed by atoms with Crippen LogP contribution in [0.2, 0.25) is 0 Å². The average molecular weight is 291 g/mol. The number of furan rings is 1. The highest BCUT2D eigenvalue weighted by atomic mass is 32.2. The van der Waals surface area contributed by atoms with Crippen molar-refractivity contribution in [1.82, 2.24) is 5.32 Å². The van der Waals surface area contributed by atoms with Crippen molar-refractivity contribution in [3.05, 3.63) is 60.1 Å². The third-order valence-electron chi connectivity index (χ3n) is 3.00. The van der Waals surface area contributed by atoms with Gasteiger partial charge in [-0.25, -0.2) is 0 Å². The number of aliphatic hydroxyl groups is 1. The van der Waals surface area contributed by atoms with Crippen molar-refractivity contribution in [3.63, 3.8) is 0 Å². The molecule has 0 spiro atoms. The van der Waals surface area contributed by atoms with E-state index in [9.17, 15) is 0 Å². The summed E-state index contributed by atoms with van der Waals surface area (Å²) in [4.78, 5) is 0. The van der Waals surface area contributed by atoms with Crippen molar-refractivity contribution in [1.29, 1.82) is 0 Å². The summed E-state index contributed by atoms with van der Waals surface area (Å²) < 4.78 is 5.54. The van der Waals surface area contributed by atoms with Crippen LogP contribution in [0.25, 0.3) is 0 Å². The van der Waals surface area contributed by atoms with Crippen LogP contribution in [0.1, 0.15) is 23.8 Å². The fraction of sp³-hybridized carbons (Fsp3) is 0.375. The maximum absolute atomic E-state index is 8.74. The van der Waals surface area contributed by atoms with Crippen LogP contribution in [-0.4, -0.2) is 29.8 Å². The van der Waals surface area contributed by atoms with Gasteiger partial charge >= 0.3 is 0 Å². The van der Waals surface area contributed by atoms with E-state index in [1.807, 2.05) is 42.1 Å². The molecule has 0 aliphatic heterocycles. The molecule has 0 saturated carbocycles. The Kier molecular flexibility index (Phi) is 6.71. The molecule has 0 amide bonds. The first-order valence-corrected chi connectivity index (χ1v) is 8.07. The molecule has 1 aromatic heterocycles. The molecule has 0 fully saturated rings. The second-order valence-electron chi connectivity index (χ2n) is 4.50. The Morgan fingerprint density at radius 3 is 2.65 bits per heavy atom. The Morgan fingerprint density at radius 1 is 1.10 bits per heavy atom. The van der Waals surface area contributed by atoms with Gasteiger partial charge in [-0.2, -0.15) is 11.8 Å². The van der Waals surface area contributed by atoms with E-state index in [0.29, 0.717) is 0 Å². The van der Waals surface area contributed by atoms with Gasteiger partial charge in [0.15, 0.2) is 0 Å². The SMILES string of the molecule is OCCCSCCNC(c1ccccc1)c1ccco1. The molecule has 0 aliphatic carbocycles. The van der Waals surface area contributed by atoms with Gasteiger partial charge in [0.25, 0.3) is 0 Å². The second-order valence-corrected chi connectivity index (χ2v) is 5.73. The van der Waals surface area contributed by atoms with Crippen molar-refractivity contribution in [3.8, 4) is 0 Å². The molecule has 0 bridgehead atoms. The van der Waals surface area contributed by atoms with Crippen LogP contribution in [0.15, 0.2) is 53.1 Å². The molecule has 1 heterocycles. The summed E-state index contributed by atoms with van der Waals surface area (Å²) in [6, 6.07) is 14.4. The van der Waals surface area contributed by atoms with E-state index in [1.54, 1.807) is 6.26 Å². The summed E-state index contributed by atoms with van der Waals surface area (Å²) in [5, 5.41) is 12.3. The molecule has 4 heteroatoms. The lowest BCUT2D eigenvalue weighted by molar-refractivity contribution is 0.296. The smallest absolute Gasteiger partial charge is 0.125 e. The highest BCUT2D eigenvalue weighted by Gasteiger charge is 2.15. The minimum atomic E-state index is 0.102. The van der Waals surface area contributed by atoms with Crippen molar-refractivity contribution in [2.24, 2.45) is 0 Å². The molecule has 2 N–H and O–H groups in total. The predicted molar refractivity (Wildman–Crippen MR) is 84.0 cm³/mol. The maximum Gasteiger partial charge on any atom is 0.125 e. The first-order chi connectivity index (χ1) is 9.92. The number of hydrogen-bond acceptors (Lipinski definition) is 4. The fourth-order valence-electron chi connectivity index (χ4n) is 2.03. The first-order valence-electron chi connectivity index (χ1n) is 6.92. The van der Waals surface area contributed by atoms with Gasteiger partial charge in [0.2, 0.25) is 0 Å². The van der Waals surface area contributed by atoms with E-state index in [2.05, 4.69) is 17.4 Å². The molecule has 1 atom stereocenters. The molecule has 0 radical (unpaired) electrons. The molecular formula is C16H21NO2S. The molecule has 108 valence electrons. The van der Waals surface area contributed by atoms with Gasteiger partial charge in [-0.05, 0) is 29.9 Å². The van der Waals surface area contributed by atoms with Gasteiger partial charge in [-0.15, -0.1) is 0 Å². The van der Waals surface area contributed by atoms with Crippen LogP contribution in [0, 0.1) is 0 Å². The maximum atomic E-state index is 8.74. The minimum absolute atomic E-state index is 0.102. The number of nitrogens with one attached hydrogen (secondary N) is 1. The molecule has 1 aromatic carbocycles. The van der Waals surface area contributed by atoms with E-state index in [1.165, 1.54) is 5.56 Å². The van der Waals surface area contributed by atoms with Crippen molar-refractivity contribution >= 4 is 11.8 Å². The molecule has 3 nitrogen and oxygen atoms in total. The van der Waals surface area contributed by atoms with Crippen LogP contribution >= 0.6 is 11.8 Å². The van der Waals surface area contributed by atoms with E-state index in [-0.39, 0.29) is 12.6 Å². The van der Waals surface area contributed by atoms with Crippen molar-refractivity contribution < 1.29 is 9.52 Å². The van der Waals surface area contributed by atoms with Crippen LogP contribution in [0.3, 0.4) is 0 Å². The first kappa shape index (κ1) is 15.2. The number of rotatable bonds is 9. The predicted octanol–water partition coefficient (Wildman–Crippen LogP) is 3.07. The normalized spacial score (nSPS) is 12.4. The number of hydrogen-bond donors (Lipinski definition) is 2. The molecule has 0 saturated heterocycles. The Labute approximate surface area is 124 Å². The summed E-state index contributed by atoms with van der Waals surface area (Å²) in [7, 11) is 0. The molecule has 0 aliphatic rings. The van der Waals surface area contributed by atoms with Gasteiger partial charge in [0.05, 0.1) is 12.3 Å². The molecular weight excluding hydrogens is 270 g/mol. The van der Waals surface area contributed by atoms with Crippen molar-refractivity contribution in [2.75, 3.05) is 24.7 Å². The van der Waals surface area contributed by atoms with Gasteiger partial charge < -0.3 is 14.8 Å². The zero-order chi connectivity index (χ0) is 14.0. The summed E-state index contributed by atoms with van der Waals surface area (Å²) in [5.41, 5.74) is 1.21. The molecule has 2 aromatic rings. The van der Waals surface area contributed by atoms with Gasteiger partial charge in [-0.3, -0.25) is 0 Å². The Balaban J connectivity index is 1.88. The second kappa shape index (κ2) is 8.84. The fourth-order valence-corrected chi connectivity index (χ4v) is 2.83. The number of aliphatic hydroxyl groups excluding tert-OH is 1. The van der Waals surface area contributed by atoms with E-state index in [4.69, 9.17) is 9.52 Å². The van der Waals surface area contributed by atoms with E-state index >= 15 is 0 Å². The molecule has 20 heavy (non-hydrogen) atoms. The zero-order valence-corrected chi connectivity index (χ0v) is 12.3. The van der Waals surface area contributed by atoms with Crippen LogP contribution in [0.4, 0.5) is 0 Å². The standard InChI is InChI=1S/C16H21NO2S/c18-10-5-12-20-13-9-17-16(15-8-4-11-19-15)14-6-2-1-3-7-14/h1-4,6-8,11,16-18H,5,9-10,12-13H2. The van der Waals surface area contributed by atoms with E-state index in [0.717, 1.165) is 30.2 Å². The lowest BCUT2D eigenvalue weighted by atomic mass is 10.0. The monoisotopic (exact) mass is 291 g/mol. The lowest BCUT2D eigenvalue weighted by Gasteiger charge is -2.17. The largest absolute Gasteiger partial charge is 0.467 e. The summed E-state index contributed by atoms with van der Waals surface area (Å²) in [6.45, 7) is 1.19. The summed E-state index contributed by atoms with van der Waals surface area (Å²) in [5.74, 6) is 2.98. The van der Waals surface area contributed by atoms with Gasteiger partial charge in [0, 0.05) is 18.9 Å². The van der Waals surface area contributed by atoms with Crippen LogP contribution < -0.4 is 5.32 Å². The Morgan fingerprint density at radius 2 is 1.95 bits per heavy atom. The average Bonchev–Trinajstić information content (AvgIpc) is 3.01. The highest BCUT2D eigenvalue weighted by molar-refractivity contribution is 7.99. The molecule has 1 unspecified atom stereocenters. The highest BCUT2D eigenvalue weighted by Crippen LogP contribution is 2.22. The third kappa shape index (κ3) is 4.71. The Hall–Kier alpha value is -1.23. The third-order valence-corrected chi connectivity index (χ3v) is 4.07. The van der Waals surface area contributed by atoms with Crippen LogP contribution in [0.5, 0.6) is 0 Å². The van der Waals surface area contributed by atoms with E-state index < -0.39 is 0 Å². The van der Waals surface area contributed by atoms with Crippen LogP contribution in [-0.2, 0) is 0 Å². The molecule has 2 rings (SSSR count). The summed E-state index contributed by atoms with van der Waals surface area (Å²) in [6.07, 6.45) is 2.58. The van der Waals surface area contributed by atoms with Crippen molar-refractivity contribution in [2.45, 2.75) is 12.5 Å².